The largest absolute Gasteiger partial charge is 0.382 e. The number of likely N-dealkylation sites (N-methyl/N-ethyl adjacent to an activating group) is 1. The van der Waals surface area contributed by atoms with Gasteiger partial charge in [0, 0.05) is 25.2 Å². The van der Waals surface area contributed by atoms with Crippen molar-refractivity contribution in [2.45, 2.75) is 32.7 Å². The van der Waals surface area contributed by atoms with E-state index in [9.17, 15) is 4.79 Å². The smallest absolute Gasteiger partial charge is 0.267 e. The number of aromatic nitrogens is 1. The molecule has 1 fully saturated rings. The van der Waals surface area contributed by atoms with Gasteiger partial charge in [-0.3, -0.25) is 4.79 Å². The fourth-order valence-corrected chi connectivity index (χ4v) is 3.31. The minimum atomic E-state index is -0.101. The number of anilines is 2. The maximum absolute atomic E-state index is 12.6. The molecule has 21 heavy (non-hydrogen) atoms. The van der Waals surface area contributed by atoms with Crippen LogP contribution in [0, 0.1) is 0 Å². The molecule has 0 radical (unpaired) electrons. The lowest BCUT2D eigenvalue weighted by atomic mass is 10.1. The first-order chi connectivity index (χ1) is 9.76. The van der Waals surface area contributed by atoms with Crippen LogP contribution in [-0.2, 0) is 0 Å². The van der Waals surface area contributed by atoms with Crippen molar-refractivity contribution >= 4 is 28.2 Å². The van der Waals surface area contributed by atoms with Crippen LogP contribution in [0.2, 0.25) is 0 Å². The Hall–Kier alpha value is -1.34. The van der Waals surface area contributed by atoms with Crippen molar-refractivity contribution in [3.05, 3.63) is 4.88 Å². The van der Waals surface area contributed by atoms with E-state index in [0.717, 1.165) is 32.6 Å². The quantitative estimate of drug-likeness (QED) is 0.870. The van der Waals surface area contributed by atoms with Crippen molar-refractivity contribution in [3.63, 3.8) is 0 Å². The van der Waals surface area contributed by atoms with Crippen molar-refractivity contribution in [3.8, 4) is 0 Å². The molecule has 2 rings (SSSR count). The number of nitrogens with one attached hydrogen (secondary N) is 1. The Labute approximate surface area is 130 Å². The van der Waals surface area contributed by atoms with Crippen LogP contribution in [-0.4, -0.2) is 59.5 Å². The molecule has 7 heteroatoms. The van der Waals surface area contributed by atoms with Gasteiger partial charge in [0.2, 0.25) is 0 Å². The molecule has 0 spiro atoms. The summed E-state index contributed by atoms with van der Waals surface area (Å²) in [6, 6.07) is 0. The summed E-state index contributed by atoms with van der Waals surface area (Å²) in [6.45, 7) is 9.61. The number of hydrogen-bond acceptors (Lipinski definition) is 6. The van der Waals surface area contributed by atoms with Crippen molar-refractivity contribution in [2.24, 2.45) is 0 Å². The Morgan fingerprint density at radius 2 is 2.00 bits per heavy atom. The third-order valence-electron chi connectivity index (χ3n) is 3.34. The fourth-order valence-electron chi connectivity index (χ4n) is 2.25. The number of hydrogen-bond donors (Lipinski definition) is 2. The first-order valence-corrected chi connectivity index (χ1v) is 8.10. The van der Waals surface area contributed by atoms with Crippen molar-refractivity contribution in [1.82, 2.24) is 14.8 Å². The highest BCUT2D eigenvalue weighted by Gasteiger charge is 2.24. The van der Waals surface area contributed by atoms with Crippen LogP contribution in [0.15, 0.2) is 0 Å². The summed E-state index contributed by atoms with van der Waals surface area (Å²) in [5.74, 6) is 0.330. The number of carbonyl (C=O) groups is 1. The molecular formula is C14H25N5OS. The molecule has 1 aliphatic rings. The van der Waals surface area contributed by atoms with Gasteiger partial charge in [0.05, 0.1) is 0 Å². The van der Waals surface area contributed by atoms with Gasteiger partial charge in [0.25, 0.3) is 5.91 Å². The molecule has 0 bridgehead atoms. The van der Waals surface area contributed by atoms with E-state index >= 15 is 0 Å². The van der Waals surface area contributed by atoms with Crippen LogP contribution in [0.25, 0.3) is 0 Å². The normalized spacial score (nSPS) is 17.6. The Balaban J connectivity index is 2.12. The Morgan fingerprint density at radius 3 is 2.67 bits per heavy atom. The van der Waals surface area contributed by atoms with Crippen molar-refractivity contribution in [2.75, 3.05) is 44.3 Å². The molecule has 1 aromatic rings. The van der Waals surface area contributed by atoms with Gasteiger partial charge in [-0.25, -0.2) is 4.98 Å². The molecular weight excluding hydrogens is 286 g/mol. The van der Waals surface area contributed by atoms with E-state index in [2.05, 4.69) is 43.0 Å². The van der Waals surface area contributed by atoms with Gasteiger partial charge < -0.3 is 20.9 Å². The highest BCUT2D eigenvalue weighted by Crippen LogP contribution is 2.28. The Kier molecular flexibility index (Phi) is 4.73. The first-order valence-electron chi connectivity index (χ1n) is 7.28. The topological polar surface area (TPSA) is 74.5 Å². The molecule has 1 amide bonds. The molecule has 1 aliphatic heterocycles. The number of nitrogens with zero attached hydrogens (tertiary/aromatic N) is 3. The number of rotatable bonds is 2. The van der Waals surface area contributed by atoms with Crippen LogP contribution in [0.4, 0.5) is 10.9 Å². The minimum Gasteiger partial charge on any atom is -0.382 e. The predicted octanol–water partition coefficient (Wildman–Crippen LogP) is 1.71. The Morgan fingerprint density at radius 1 is 1.29 bits per heavy atom. The number of nitrogen functional groups attached to an aromatic ring is 1. The van der Waals surface area contributed by atoms with E-state index in [1.54, 1.807) is 0 Å². The van der Waals surface area contributed by atoms with Gasteiger partial charge in [-0.05, 0) is 40.8 Å². The first kappa shape index (κ1) is 16.0. The van der Waals surface area contributed by atoms with E-state index in [0.29, 0.717) is 15.8 Å². The van der Waals surface area contributed by atoms with Gasteiger partial charge >= 0.3 is 0 Å². The van der Waals surface area contributed by atoms with E-state index < -0.39 is 0 Å². The zero-order chi connectivity index (χ0) is 15.6. The average Bonchev–Trinajstić information content (AvgIpc) is 2.57. The fraction of sp³-hybridized carbons (Fsp3) is 0.714. The van der Waals surface area contributed by atoms with Crippen molar-refractivity contribution in [1.29, 1.82) is 0 Å². The van der Waals surface area contributed by atoms with E-state index in [-0.39, 0.29) is 11.4 Å². The van der Waals surface area contributed by atoms with Gasteiger partial charge in [0.15, 0.2) is 5.13 Å². The van der Waals surface area contributed by atoms with Crippen LogP contribution in [0.1, 0.15) is 36.9 Å². The Bertz CT molecular complexity index is 508. The van der Waals surface area contributed by atoms with Crippen LogP contribution >= 0.6 is 11.3 Å². The zero-order valence-corrected chi connectivity index (χ0v) is 14.1. The molecule has 0 saturated carbocycles. The van der Waals surface area contributed by atoms with Crippen LogP contribution < -0.4 is 11.1 Å². The summed E-state index contributed by atoms with van der Waals surface area (Å²) < 4.78 is 0. The molecule has 1 aromatic heterocycles. The lowest BCUT2D eigenvalue weighted by Crippen LogP contribution is -2.34. The standard InChI is InChI=1S/C14H25N5OS/c1-14(2,3)17-13-16-11(15)10(21-13)12(20)19-7-5-6-18(4)8-9-19/h5-9,15H2,1-4H3,(H,16,17). The molecule has 0 atom stereocenters. The maximum Gasteiger partial charge on any atom is 0.267 e. The van der Waals surface area contributed by atoms with Crippen molar-refractivity contribution < 1.29 is 4.79 Å². The second-order valence-electron chi connectivity index (χ2n) is 6.56. The summed E-state index contributed by atoms with van der Waals surface area (Å²) in [6.07, 6.45) is 0.994. The lowest BCUT2D eigenvalue weighted by molar-refractivity contribution is 0.0768. The van der Waals surface area contributed by atoms with E-state index in [1.807, 2.05) is 4.90 Å². The molecule has 0 aliphatic carbocycles. The number of thiazole rings is 1. The van der Waals surface area contributed by atoms with Gasteiger partial charge in [-0.15, -0.1) is 0 Å². The highest BCUT2D eigenvalue weighted by molar-refractivity contribution is 7.18. The summed E-state index contributed by atoms with van der Waals surface area (Å²) in [5.41, 5.74) is 5.83. The summed E-state index contributed by atoms with van der Waals surface area (Å²) in [4.78, 5) is 21.6. The zero-order valence-electron chi connectivity index (χ0n) is 13.3. The van der Waals surface area contributed by atoms with E-state index in [4.69, 9.17) is 5.73 Å². The third kappa shape index (κ3) is 4.31. The van der Waals surface area contributed by atoms with Gasteiger partial charge in [-0.2, -0.15) is 0 Å². The summed E-state index contributed by atoms with van der Waals surface area (Å²) in [5, 5.41) is 3.97. The van der Waals surface area contributed by atoms with Crippen LogP contribution in [0.3, 0.4) is 0 Å². The summed E-state index contributed by atoms with van der Waals surface area (Å²) >= 11 is 1.34. The molecule has 1 saturated heterocycles. The predicted molar refractivity (Wildman–Crippen MR) is 87.9 cm³/mol. The average molecular weight is 311 g/mol. The molecule has 118 valence electrons. The second kappa shape index (κ2) is 6.19. The number of carbonyl (C=O) groups excluding carboxylic acids is 1. The van der Waals surface area contributed by atoms with Gasteiger partial charge in [0.1, 0.15) is 10.7 Å². The highest BCUT2D eigenvalue weighted by atomic mass is 32.1. The van der Waals surface area contributed by atoms with Crippen LogP contribution in [0.5, 0.6) is 0 Å². The number of amides is 1. The van der Waals surface area contributed by atoms with E-state index in [1.165, 1.54) is 11.3 Å². The lowest BCUT2D eigenvalue weighted by Gasteiger charge is -2.20. The SMILES string of the molecule is CN1CCCN(C(=O)c2sc(NC(C)(C)C)nc2N)CC1. The second-order valence-corrected chi connectivity index (χ2v) is 7.56. The summed E-state index contributed by atoms with van der Waals surface area (Å²) in [7, 11) is 2.08. The molecule has 0 unspecified atom stereocenters. The third-order valence-corrected chi connectivity index (χ3v) is 4.31. The molecule has 2 heterocycles. The number of nitrogens with two attached hydrogens (primary N) is 1. The maximum atomic E-state index is 12.6. The monoisotopic (exact) mass is 311 g/mol. The minimum absolute atomic E-state index is 0.00209. The van der Waals surface area contributed by atoms with Gasteiger partial charge in [-0.1, -0.05) is 11.3 Å². The molecule has 3 N–H and O–H groups in total. The molecule has 0 aromatic carbocycles. The molecule has 6 nitrogen and oxygen atoms in total.